The Bertz CT molecular complexity index is 1140. The van der Waals surface area contributed by atoms with Gasteiger partial charge >= 0.3 is 6.03 Å². The van der Waals surface area contributed by atoms with Crippen molar-refractivity contribution in [3.05, 3.63) is 69.4 Å². The van der Waals surface area contributed by atoms with Crippen LogP contribution in [0.2, 0.25) is 0 Å². The van der Waals surface area contributed by atoms with Crippen LogP contribution in [0.25, 0.3) is 5.00 Å². The Kier molecular flexibility index (Phi) is 5.17. The standard InChI is InChI=1S/C26H31N3OS/c1-16(2)24-22-9-7-13-28(22)25-20(19-8-5-6-10-23(19)31-25)15-29(24)26(30)27-21-12-11-17(3)14-18(21)4/h7,9,11-14,16,24H,5-6,8,10,15H2,1-4H3,(H,27,30)/t24-/m0/s1. The van der Waals surface area contributed by atoms with Gasteiger partial charge in [0.05, 0.1) is 12.6 Å². The highest BCUT2D eigenvalue weighted by Gasteiger charge is 2.36. The molecule has 2 amide bonds. The largest absolute Gasteiger partial charge is 0.322 e. The summed E-state index contributed by atoms with van der Waals surface area (Å²) in [5, 5.41) is 4.55. The van der Waals surface area contributed by atoms with Crippen LogP contribution in [0, 0.1) is 19.8 Å². The zero-order valence-electron chi connectivity index (χ0n) is 18.9. The Morgan fingerprint density at radius 2 is 1.94 bits per heavy atom. The first-order chi connectivity index (χ1) is 14.9. The molecule has 0 unspecified atom stereocenters. The minimum Gasteiger partial charge on any atom is -0.311 e. The average molecular weight is 434 g/mol. The summed E-state index contributed by atoms with van der Waals surface area (Å²) in [5.41, 5.74) is 7.27. The van der Waals surface area contributed by atoms with E-state index in [0.717, 1.165) is 17.7 Å². The number of hydrogen-bond donors (Lipinski definition) is 1. The molecule has 1 aliphatic heterocycles. The van der Waals surface area contributed by atoms with Crippen LogP contribution in [0.5, 0.6) is 0 Å². The minimum atomic E-state index is -0.0120. The zero-order chi connectivity index (χ0) is 21.7. The van der Waals surface area contributed by atoms with E-state index in [1.54, 1.807) is 0 Å². The van der Waals surface area contributed by atoms with Crippen molar-refractivity contribution >= 4 is 23.1 Å². The van der Waals surface area contributed by atoms with Gasteiger partial charge in [-0.2, -0.15) is 0 Å². The molecule has 1 N–H and O–H groups in total. The average Bonchev–Trinajstić information content (AvgIpc) is 3.31. The number of urea groups is 1. The van der Waals surface area contributed by atoms with Crippen LogP contribution in [0.3, 0.4) is 0 Å². The van der Waals surface area contributed by atoms with Gasteiger partial charge in [-0.1, -0.05) is 31.5 Å². The summed E-state index contributed by atoms with van der Waals surface area (Å²) in [4.78, 5) is 17.3. The predicted molar refractivity (Wildman–Crippen MR) is 128 cm³/mol. The number of hydrogen-bond acceptors (Lipinski definition) is 2. The monoisotopic (exact) mass is 433 g/mol. The molecule has 0 fully saturated rings. The third kappa shape index (κ3) is 3.49. The normalized spacial score (nSPS) is 17.7. The fourth-order valence-corrected chi connectivity index (χ4v) is 6.67. The molecule has 31 heavy (non-hydrogen) atoms. The van der Waals surface area contributed by atoms with Gasteiger partial charge in [-0.15, -0.1) is 11.3 Å². The number of carbonyl (C=O) groups is 1. The van der Waals surface area contributed by atoms with Crippen molar-refractivity contribution < 1.29 is 4.79 Å². The molecule has 162 valence electrons. The topological polar surface area (TPSA) is 37.3 Å². The fourth-order valence-electron chi connectivity index (χ4n) is 5.26. The second-order valence-electron chi connectivity index (χ2n) is 9.36. The van der Waals surface area contributed by atoms with Gasteiger partial charge in [-0.05, 0) is 74.8 Å². The predicted octanol–water partition coefficient (Wildman–Crippen LogP) is 6.78. The van der Waals surface area contributed by atoms with Crippen LogP contribution in [0.15, 0.2) is 36.5 Å². The van der Waals surface area contributed by atoms with E-state index in [9.17, 15) is 4.79 Å². The number of thiophene rings is 1. The van der Waals surface area contributed by atoms with E-state index in [1.165, 1.54) is 51.5 Å². The van der Waals surface area contributed by atoms with Gasteiger partial charge in [0.2, 0.25) is 0 Å². The molecule has 5 rings (SSSR count). The van der Waals surface area contributed by atoms with Crippen molar-refractivity contribution in [1.29, 1.82) is 0 Å². The highest BCUT2D eigenvalue weighted by atomic mass is 32.1. The number of aryl methyl sites for hydroxylation is 3. The Morgan fingerprint density at radius 1 is 1.13 bits per heavy atom. The quantitative estimate of drug-likeness (QED) is 0.475. The third-order valence-corrected chi connectivity index (χ3v) is 8.08. The van der Waals surface area contributed by atoms with Crippen molar-refractivity contribution in [2.24, 2.45) is 5.92 Å². The summed E-state index contributed by atoms with van der Waals surface area (Å²) in [7, 11) is 0. The Morgan fingerprint density at radius 3 is 2.71 bits per heavy atom. The summed E-state index contributed by atoms with van der Waals surface area (Å²) >= 11 is 1.94. The molecule has 3 heterocycles. The SMILES string of the molecule is Cc1ccc(NC(=O)N2Cc3c(sc4c3CCCC4)-n3cccc3[C@@H]2C(C)C)c(C)c1. The number of benzene rings is 1. The maximum Gasteiger partial charge on any atom is 0.322 e. The molecule has 4 nitrogen and oxygen atoms in total. The first kappa shape index (κ1) is 20.4. The summed E-state index contributed by atoms with van der Waals surface area (Å²) in [6.07, 6.45) is 7.01. The lowest BCUT2D eigenvalue weighted by Gasteiger charge is -2.33. The van der Waals surface area contributed by atoms with E-state index >= 15 is 0 Å². The van der Waals surface area contributed by atoms with Gasteiger partial charge < -0.3 is 14.8 Å². The van der Waals surface area contributed by atoms with Crippen LogP contribution >= 0.6 is 11.3 Å². The molecule has 5 heteroatoms. The number of amides is 2. The number of fused-ring (bicyclic) bond motifs is 5. The molecule has 0 spiro atoms. The van der Waals surface area contributed by atoms with Crippen LogP contribution in [0.1, 0.15) is 65.6 Å². The summed E-state index contributed by atoms with van der Waals surface area (Å²) in [6, 6.07) is 10.5. The Hall–Kier alpha value is -2.53. The molecular formula is C26H31N3OS. The zero-order valence-corrected chi connectivity index (χ0v) is 19.7. The van der Waals surface area contributed by atoms with Crippen LogP contribution in [-0.2, 0) is 19.4 Å². The van der Waals surface area contributed by atoms with Gasteiger partial charge in [0.1, 0.15) is 5.00 Å². The van der Waals surface area contributed by atoms with Crippen molar-refractivity contribution in [3.63, 3.8) is 0 Å². The Balaban J connectivity index is 1.59. The van der Waals surface area contributed by atoms with Crippen LogP contribution in [-0.4, -0.2) is 15.5 Å². The molecule has 0 saturated heterocycles. The number of carbonyl (C=O) groups excluding carboxylic acids is 1. The molecule has 2 aromatic heterocycles. The summed E-state index contributed by atoms with van der Waals surface area (Å²) in [6.45, 7) is 9.24. The van der Waals surface area contributed by atoms with E-state index in [4.69, 9.17) is 0 Å². The second kappa shape index (κ2) is 7.86. The number of aromatic nitrogens is 1. The van der Waals surface area contributed by atoms with Gasteiger partial charge in [0, 0.05) is 28.0 Å². The molecule has 0 bridgehead atoms. The van der Waals surface area contributed by atoms with Crippen molar-refractivity contribution in [1.82, 2.24) is 9.47 Å². The van der Waals surface area contributed by atoms with E-state index in [0.29, 0.717) is 12.5 Å². The molecule has 1 atom stereocenters. The van der Waals surface area contributed by atoms with Gasteiger partial charge in [0.25, 0.3) is 0 Å². The highest BCUT2D eigenvalue weighted by Crippen LogP contribution is 2.44. The lowest BCUT2D eigenvalue weighted by atomic mass is 9.94. The summed E-state index contributed by atoms with van der Waals surface area (Å²) < 4.78 is 2.35. The van der Waals surface area contributed by atoms with E-state index < -0.39 is 0 Å². The summed E-state index contributed by atoms with van der Waals surface area (Å²) in [5.74, 6) is 0.309. The van der Waals surface area contributed by atoms with Crippen molar-refractivity contribution in [3.8, 4) is 5.00 Å². The second-order valence-corrected chi connectivity index (χ2v) is 10.4. The maximum absolute atomic E-state index is 13.7. The van der Waals surface area contributed by atoms with Crippen molar-refractivity contribution in [2.75, 3.05) is 5.32 Å². The van der Waals surface area contributed by atoms with Crippen LogP contribution < -0.4 is 5.32 Å². The number of nitrogens with one attached hydrogen (secondary N) is 1. The van der Waals surface area contributed by atoms with Gasteiger partial charge in [-0.3, -0.25) is 0 Å². The molecule has 3 aromatic rings. The van der Waals surface area contributed by atoms with Crippen LogP contribution in [0.4, 0.5) is 10.5 Å². The first-order valence-corrected chi connectivity index (χ1v) is 12.2. The van der Waals surface area contributed by atoms with Crippen molar-refractivity contribution in [2.45, 2.75) is 66.0 Å². The number of rotatable bonds is 2. The minimum absolute atomic E-state index is 0.0120. The molecule has 1 aliphatic carbocycles. The molecule has 0 saturated carbocycles. The Labute approximate surface area is 188 Å². The lowest BCUT2D eigenvalue weighted by molar-refractivity contribution is 0.161. The molecule has 1 aromatic carbocycles. The van der Waals surface area contributed by atoms with E-state index in [-0.39, 0.29) is 12.1 Å². The first-order valence-electron chi connectivity index (χ1n) is 11.4. The number of nitrogens with zero attached hydrogens (tertiary/aromatic N) is 2. The fraction of sp³-hybridized carbons (Fsp3) is 0.423. The third-order valence-electron chi connectivity index (χ3n) is 6.74. The molecule has 0 radical (unpaired) electrons. The molecular weight excluding hydrogens is 402 g/mol. The lowest BCUT2D eigenvalue weighted by Crippen LogP contribution is -2.39. The number of anilines is 1. The maximum atomic E-state index is 13.7. The molecule has 2 aliphatic rings. The van der Waals surface area contributed by atoms with E-state index in [1.807, 2.05) is 17.4 Å². The smallest absolute Gasteiger partial charge is 0.311 e. The van der Waals surface area contributed by atoms with E-state index in [2.05, 4.69) is 72.9 Å². The van der Waals surface area contributed by atoms with Gasteiger partial charge in [0.15, 0.2) is 0 Å². The highest BCUT2D eigenvalue weighted by molar-refractivity contribution is 7.15. The van der Waals surface area contributed by atoms with Gasteiger partial charge in [-0.25, -0.2) is 4.79 Å².